The Balaban J connectivity index is 1.71. The summed E-state index contributed by atoms with van der Waals surface area (Å²) in [7, 11) is 0. The molecule has 1 aromatic heterocycles. The van der Waals surface area contributed by atoms with Gasteiger partial charge in [0.1, 0.15) is 5.69 Å². The van der Waals surface area contributed by atoms with Gasteiger partial charge in [0.25, 0.3) is 0 Å². The molecule has 0 aliphatic rings. The van der Waals surface area contributed by atoms with Crippen molar-refractivity contribution in [3.63, 3.8) is 0 Å². The van der Waals surface area contributed by atoms with Crippen molar-refractivity contribution in [1.29, 1.82) is 0 Å². The summed E-state index contributed by atoms with van der Waals surface area (Å²) >= 11 is 0. The van der Waals surface area contributed by atoms with E-state index in [0.29, 0.717) is 23.6 Å². The van der Waals surface area contributed by atoms with Crippen LogP contribution in [0.3, 0.4) is 0 Å². The van der Waals surface area contributed by atoms with Crippen LogP contribution in [-0.4, -0.2) is 21.0 Å². The zero-order chi connectivity index (χ0) is 21.3. The SMILES string of the molecule is CC(C)=Cc1nc(-c2ccc(CO)cc2)cnc1NC(=O)CCCc1ccccc1. The molecule has 1 amide bonds. The average molecular weight is 402 g/mol. The second kappa shape index (κ2) is 10.5. The van der Waals surface area contributed by atoms with Crippen LogP contribution in [0.1, 0.15) is 43.5 Å². The van der Waals surface area contributed by atoms with Crippen LogP contribution in [0.15, 0.2) is 66.4 Å². The number of aliphatic hydroxyl groups excluding tert-OH is 1. The normalized spacial score (nSPS) is 10.5. The number of carbonyl (C=O) groups excluding carboxylic acids is 1. The molecular formula is C25H27N3O2. The number of carbonyl (C=O) groups is 1. The summed E-state index contributed by atoms with van der Waals surface area (Å²) in [5.74, 6) is 0.403. The number of nitrogens with one attached hydrogen (secondary N) is 1. The van der Waals surface area contributed by atoms with Crippen molar-refractivity contribution >= 4 is 17.8 Å². The number of aromatic nitrogens is 2. The van der Waals surface area contributed by atoms with Crippen LogP contribution in [0, 0.1) is 0 Å². The fourth-order valence-corrected chi connectivity index (χ4v) is 3.09. The Morgan fingerprint density at radius 1 is 1.03 bits per heavy atom. The summed E-state index contributed by atoms with van der Waals surface area (Å²) < 4.78 is 0. The van der Waals surface area contributed by atoms with Crippen molar-refractivity contribution in [3.8, 4) is 11.3 Å². The van der Waals surface area contributed by atoms with Gasteiger partial charge in [-0.3, -0.25) is 4.79 Å². The van der Waals surface area contributed by atoms with Crippen LogP contribution in [0.25, 0.3) is 17.3 Å². The zero-order valence-corrected chi connectivity index (χ0v) is 17.4. The lowest BCUT2D eigenvalue weighted by molar-refractivity contribution is -0.116. The topological polar surface area (TPSA) is 75.1 Å². The highest BCUT2D eigenvalue weighted by Crippen LogP contribution is 2.22. The molecule has 0 aliphatic heterocycles. The van der Waals surface area contributed by atoms with Crippen molar-refractivity contribution in [2.75, 3.05) is 5.32 Å². The molecule has 5 heteroatoms. The van der Waals surface area contributed by atoms with E-state index in [1.54, 1.807) is 6.20 Å². The van der Waals surface area contributed by atoms with Gasteiger partial charge in [0.15, 0.2) is 5.82 Å². The lowest BCUT2D eigenvalue weighted by atomic mass is 10.1. The molecule has 154 valence electrons. The first-order valence-corrected chi connectivity index (χ1v) is 10.1. The van der Waals surface area contributed by atoms with E-state index in [1.165, 1.54) is 5.56 Å². The third-order valence-corrected chi connectivity index (χ3v) is 4.63. The van der Waals surface area contributed by atoms with Crippen LogP contribution >= 0.6 is 0 Å². The van der Waals surface area contributed by atoms with Crippen LogP contribution in [0.4, 0.5) is 5.82 Å². The van der Waals surface area contributed by atoms with E-state index in [-0.39, 0.29) is 12.5 Å². The predicted molar refractivity (Wildman–Crippen MR) is 121 cm³/mol. The molecular weight excluding hydrogens is 374 g/mol. The number of rotatable bonds is 8. The number of amides is 1. The van der Waals surface area contributed by atoms with Crippen molar-refractivity contribution in [1.82, 2.24) is 9.97 Å². The van der Waals surface area contributed by atoms with Crippen LogP contribution in [0.2, 0.25) is 0 Å². The van der Waals surface area contributed by atoms with Gasteiger partial charge in [0.05, 0.1) is 18.5 Å². The second-order valence-corrected chi connectivity index (χ2v) is 7.45. The van der Waals surface area contributed by atoms with E-state index in [1.807, 2.05) is 62.4 Å². The Labute approximate surface area is 177 Å². The maximum absolute atomic E-state index is 12.4. The summed E-state index contributed by atoms with van der Waals surface area (Å²) in [6.07, 6.45) is 5.64. The van der Waals surface area contributed by atoms with Gasteiger partial charge >= 0.3 is 0 Å². The fraction of sp³-hybridized carbons (Fsp3) is 0.240. The van der Waals surface area contributed by atoms with Crippen molar-refractivity contribution in [2.45, 2.75) is 39.7 Å². The molecule has 0 radical (unpaired) electrons. The Bertz CT molecular complexity index is 1010. The maximum atomic E-state index is 12.4. The highest BCUT2D eigenvalue weighted by molar-refractivity contribution is 5.91. The molecule has 0 spiro atoms. The number of allylic oxidation sites excluding steroid dienone is 1. The molecule has 30 heavy (non-hydrogen) atoms. The molecule has 1 heterocycles. The lowest BCUT2D eigenvalue weighted by Crippen LogP contribution is -2.14. The van der Waals surface area contributed by atoms with Crippen molar-refractivity contribution in [3.05, 3.63) is 83.2 Å². The number of hydrogen-bond acceptors (Lipinski definition) is 4. The second-order valence-electron chi connectivity index (χ2n) is 7.45. The van der Waals surface area contributed by atoms with Gasteiger partial charge in [0.2, 0.25) is 5.91 Å². The van der Waals surface area contributed by atoms with E-state index < -0.39 is 0 Å². The summed E-state index contributed by atoms with van der Waals surface area (Å²) in [6.45, 7) is 3.97. The van der Waals surface area contributed by atoms with Gasteiger partial charge in [-0.05, 0) is 43.9 Å². The Morgan fingerprint density at radius 3 is 2.43 bits per heavy atom. The first-order valence-electron chi connectivity index (χ1n) is 10.1. The molecule has 3 rings (SSSR count). The molecule has 0 unspecified atom stereocenters. The minimum atomic E-state index is -0.0660. The standard InChI is InChI=1S/C25H27N3O2/c1-18(2)15-22-25(28-24(30)10-6-9-19-7-4-3-5-8-19)26-16-23(27-22)21-13-11-20(17-29)12-14-21/h3-5,7-8,11-16,29H,6,9-10,17H2,1-2H3,(H,26,28,30). The summed E-state index contributed by atoms with van der Waals surface area (Å²) in [5.41, 5.74) is 5.40. The molecule has 0 fully saturated rings. The van der Waals surface area contributed by atoms with Crippen molar-refractivity contribution in [2.24, 2.45) is 0 Å². The first kappa shape index (κ1) is 21.4. The minimum Gasteiger partial charge on any atom is -0.392 e. The molecule has 2 aromatic carbocycles. The Hall–Kier alpha value is -3.31. The monoisotopic (exact) mass is 401 g/mol. The maximum Gasteiger partial charge on any atom is 0.225 e. The molecule has 0 saturated carbocycles. The quantitative estimate of drug-likeness (QED) is 0.556. The number of aliphatic hydroxyl groups is 1. The number of nitrogens with zero attached hydrogens (tertiary/aromatic N) is 2. The number of hydrogen-bond donors (Lipinski definition) is 2. The predicted octanol–water partition coefficient (Wildman–Crippen LogP) is 5.02. The van der Waals surface area contributed by atoms with E-state index in [2.05, 4.69) is 22.4 Å². The highest BCUT2D eigenvalue weighted by atomic mass is 16.3. The van der Waals surface area contributed by atoms with Gasteiger partial charge in [-0.25, -0.2) is 9.97 Å². The molecule has 2 N–H and O–H groups in total. The molecule has 5 nitrogen and oxygen atoms in total. The van der Waals surface area contributed by atoms with Gasteiger partial charge in [-0.1, -0.05) is 60.2 Å². The van der Waals surface area contributed by atoms with Crippen LogP contribution < -0.4 is 5.32 Å². The van der Waals surface area contributed by atoms with Gasteiger partial charge < -0.3 is 10.4 Å². The molecule has 0 bridgehead atoms. The first-order chi connectivity index (χ1) is 14.5. The Kier molecular flexibility index (Phi) is 7.46. The number of aryl methyl sites for hydroxylation is 1. The number of benzene rings is 2. The fourth-order valence-electron chi connectivity index (χ4n) is 3.09. The smallest absolute Gasteiger partial charge is 0.225 e. The Morgan fingerprint density at radius 2 is 1.77 bits per heavy atom. The average Bonchev–Trinajstić information content (AvgIpc) is 2.75. The third-order valence-electron chi connectivity index (χ3n) is 4.63. The summed E-state index contributed by atoms with van der Waals surface area (Å²) in [4.78, 5) is 21.6. The van der Waals surface area contributed by atoms with E-state index in [4.69, 9.17) is 4.98 Å². The van der Waals surface area contributed by atoms with Crippen molar-refractivity contribution < 1.29 is 9.90 Å². The largest absolute Gasteiger partial charge is 0.392 e. The van der Waals surface area contributed by atoms with Crippen LogP contribution in [0.5, 0.6) is 0 Å². The summed E-state index contributed by atoms with van der Waals surface area (Å²) in [5, 5.41) is 12.1. The van der Waals surface area contributed by atoms with Gasteiger partial charge in [-0.15, -0.1) is 0 Å². The van der Waals surface area contributed by atoms with E-state index in [9.17, 15) is 9.90 Å². The van der Waals surface area contributed by atoms with E-state index >= 15 is 0 Å². The molecule has 0 atom stereocenters. The third kappa shape index (κ3) is 6.09. The molecule has 3 aromatic rings. The lowest BCUT2D eigenvalue weighted by Gasteiger charge is -2.10. The summed E-state index contributed by atoms with van der Waals surface area (Å²) in [6, 6.07) is 17.7. The zero-order valence-electron chi connectivity index (χ0n) is 17.4. The molecule has 0 aliphatic carbocycles. The van der Waals surface area contributed by atoms with Gasteiger partial charge in [-0.2, -0.15) is 0 Å². The minimum absolute atomic E-state index is 0.00418. The van der Waals surface area contributed by atoms with E-state index in [0.717, 1.165) is 29.5 Å². The number of anilines is 1. The van der Waals surface area contributed by atoms with Crippen LogP contribution in [-0.2, 0) is 17.8 Å². The highest BCUT2D eigenvalue weighted by Gasteiger charge is 2.11. The molecule has 0 saturated heterocycles. The van der Waals surface area contributed by atoms with Gasteiger partial charge in [0, 0.05) is 12.0 Å².